The second-order valence-electron chi connectivity index (χ2n) is 3.68. The highest BCUT2D eigenvalue weighted by molar-refractivity contribution is 5.69. The predicted molar refractivity (Wildman–Crippen MR) is 64.4 cm³/mol. The molecular formula is C13H11N3O2. The molecule has 0 unspecified atom stereocenters. The predicted octanol–water partition coefficient (Wildman–Crippen LogP) is 1.62. The monoisotopic (exact) mass is 241 g/mol. The number of aldehydes is 1. The zero-order chi connectivity index (χ0) is 13.0. The van der Waals surface area contributed by atoms with E-state index in [1.54, 1.807) is 29.1 Å². The topological polar surface area (TPSA) is 67.9 Å². The van der Waals surface area contributed by atoms with Crippen molar-refractivity contribution in [1.82, 2.24) is 9.55 Å². The highest BCUT2D eigenvalue weighted by Gasteiger charge is 2.06. The molecule has 90 valence electrons. The molecule has 0 aliphatic heterocycles. The van der Waals surface area contributed by atoms with Crippen molar-refractivity contribution in [1.29, 1.82) is 5.26 Å². The fourth-order valence-electron chi connectivity index (χ4n) is 1.71. The molecule has 1 aromatic heterocycles. The van der Waals surface area contributed by atoms with Crippen LogP contribution in [-0.2, 0) is 6.54 Å². The third-order valence-electron chi connectivity index (χ3n) is 2.59. The van der Waals surface area contributed by atoms with Crippen LogP contribution in [0.5, 0.6) is 5.75 Å². The van der Waals surface area contributed by atoms with Crippen LogP contribution in [0.25, 0.3) is 0 Å². The van der Waals surface area contributed by atoms with Crippen molar-refractivity contribution in [3.63, 3.8) is 0 Å². The van der Waals surface area contributed by atoms with Crippen molar-refractivity contribution in [2.24, 2.45) is 0 Å². The van der Waals surface area contributed by atoms with Gasteiger partial charge in [-0.05, 0) is 17.7 Å². The van der Waals surface area contributed by atoms with E-state index in [0.717, 1.165) is 5.56 Å². The second-order valence-corrected chi connectivity index (χ2v) is 3.68. The van der Waals surface area contributed by atoms with Gasteiger partial charge in [-0.2, -0.15) is 5.26 Å². The molecule has 0 radical (unpaired) electrons. The summed E-state index contributed by atoms with van der Waals surface area (Å²) in [7, 11) is 1.52. The highest BCUT2D eigenvalue weighted by Crippen LogP contribution is 2.19. The van der Waals surface area contributed by atoms with Crippen molar-refractivity contribution in [2.75, 3.05) is 7.11 Å². The third-order valence-corrected chi connectivity index (χ3v) is 2.59. The molecule has 2 rings (SSSR count). The van der Waals surface area contributed by atoms with E-state index >= 15 is 0 Å². The molecule has 0 fully saturated rings. The zero-order valence-electron chi connectivity index (χ0n) is 9.83. The number of nitriles is 1. The number of imidazole rings is 1. The number of carbonyl (C=O) groups excluding carboxylic acids is 1. The van der Waals surface area contributed by atoms with Gasteiger partial charge in [-0.15, -0.1) is 0 Å². The normalized spacial score (nSPS) is 9.78. The summed E-state index contributed by atoms with van der Waals surface area (Å²) in [6, 6.07) is 7.42. The Hall–Kier alpha value is -2.61. The average Bonchev–Trinajstić information content (AvgIpc) is 2.85. The lowest BCUT2D eigenvalue weighted by Gasteiger charge is -2.07. The fourth-order valence-corrected chi connectivity index (χ4v) is 1.71. The maximum Gasteiger partial charge on any atom is 0.185 e. The quantitative estimate of drug-likeness (QED) is 0.763. The average molecular weight is 241 g/mol. The van der Waals surface area contributed by atoms with E-state index in [1.165, 1.54) is 7.11 Å². The minimum absolute atomic E-state index is 0.365. The first-order valence-electron chi connectivity index (χ1n) is 5.32. The lowest BCUT2D eigenvalue weighted by atomic mass is 10.1. The van der Waals surface area contributed by atoms with Gasteiger partial charge in [0.1, 0.15) is 11.8 Å². The number of ether oxygens (including phenoxy) is 1. The van der Waals surface area contributed by atoms with E-state index in [9.17, 15) is 4.79 Å². The Morgan fingerprint density at radius 1 is 1.56 bits per heavy atom. The number of hydrogen-bond acceptors (Lipinski definition) is 4. The SMILES string of the molecule is COc1ccc(Cn2ccnc2C=O)cc1C#N. The molecule has 0 spiro atoms. The van der Waals surface area contributed by atoms with Crippen LogP contribution in [0.4, 0.5) is 0 Å². The molecule has 1 aromatic carbocycles. The smallest absolute Gasteiger partial charge is 0.185 e. The van der Waals surface area contributed by atoms with Crippen LogP contribution in [0, 0.1) is 11.3 Å². The van der Waals surface area contributed by atoms with Crippen molar-refractivity contribution in [3.05, 3.63) is 47.5 Å². The van der Waals surface area contributed by atoms with E-state index in [-0.39, 0.29) is 0 Å². The second kappa shape index (κ2) is 5.15. The third kappa shape index (κ3) is 2.23. The molecule has 0 N–H and O–H groups in total. The van der Waals surface area contributed by atoms with Gasteiger partial charge in [0.25, 0.3) is 0 Å². The van der Waals surface area contributed by atoms with Crippen molar-refractivity contribution in [2.45, 2.75) is 6.54 Å². The van der Waals surface area contributed by atoms with Crippen molar-refractivity contribution >= 4 is 6.29 Å². The lowest BCUT2D eigenvalue weighted by molar-refractivity contribution is 0.111. The van der Waals surface area contributed by atoms with Gasteiger partial charge in [-0.1, -0.05) is 6.07 Å². The van der Waals surface area contributed by atoms with Gasteiger partial charge in [-0.3, -0.25) is 4.79 Å². The zero-order valence-corrected chi connectivity index (χ0v) is 9.83. The summed E-state index contributed by atoms with van der Waals surface area (Å²) in [4.78, 5) is 14.7. The Kier molecular flexibility index (Phi) is 3.39. The first-order chi connectivity index (χ1) is 8.78. The molecule has 5 heteroatoms. The number of nitrogens with zero attached hydrogens (tertiary/aromatic N) is 3. The van der Waals surface area contributed by atoms with E-state index in [4.69, 9.17) is 10.00 Å². The van der Waals surface area contributed by atoms with Crippen molar-refractivity contribution in [3.8, 4) is 11.8 Å². The molecule has 2 aromatic rings. The van der Waals surface area contributed by atoms with Gasteiger partial charge < -0.3 is 9.30 Å². The van der Waals surface area contributed by atoms with Crippen LogP contribution >= 0.6 is 0 Å². The molecule has 1 heterocycles. The first kappa shape index (κ1) is 11.9. The summed E-state index contributed by atoms with van der Waals surface area (Å²) in [6.45, 7) is 0.493. The summed E-state index contributed by atoms with van der Waals surface area (Å²) in [5, 5.41) is 9.00. The van der Waals surface area contributed by atoms with Crippen LogP contribution in [0.2, 0.25) is 0 Å². The standard InChI is InChI=1S/C13H11N3O2/c1-18-12-3-2-10(6-11(12)7-14)8-16-5-4-15-13(16)9-17/h2-6,9H,8H2,1H3. The first-order valence-corrected chi connectivity index (χ1v) is 5.32. The number of carbonyl (C=O) groups is 1. The molecule has 0 saturated carbocycles. The van der Waals surface area contributed by atoms with Crippen LogP contribution in [0.15, 0.2) is 30.6 Å². The van der Waals surface area contributed by atoms with Gasteiger partial charge in [0.2, 0.25) is 0 Å². The van der Waals surface area contributed by atoms with Gasteiger partial charge in [0.05, 0.1) is 12.7 Å². The lowest BCUT2D eigenvalue weighted by Crippen LogP contribution is -2.03. The largest absolute Gasteiger partial charge is 0.495 e. The summed E-state index contributed by atoms with van der Waals surface area (Å²) < 4.78 is 6.79. The molecule has 5 nitrogen and oxygen atoms in total. The fraction of sp³-hybridized carbons (Fsp3) is 0.154. The Bertz CT molecular complexity index is 611. The molecule has 0 amide bonds. The molecule has 0 atom stereocenters. The molecule has 0 aliphatic rings. The molecule has 0 bridgehead atoms. The van der Waals surface area contributed by atoms with E-state index in [1.807, 2.05) is 6.07 Å². The Labute approximate surface area is 104 Å². The van der Waals surface area contributed by atoms with Gasteiger partial charge >= 0.3 is 0 Å². The minimum Gasteiger partial charge on any atom is -0.495 e. The van der Waals surface area contributed by atoms with Gasteiger partial charge in [0.15, 0.2) is 12.1 Å². The van der Waals surface area contributed by atoms with Crippen LogP contribution in [-0.4, -0.2) is 22.9 Å². The van der Waals surface area contributed by atoms with E-state index in [2.05, 4.69) is 11.1 Å². The number of benzene rings is 1. The molecule has 0 saturated heterocycles. The van der Waals surface area contributed by atoms with Gasteiger partial charge in [0, 0.05) is 18.9 Å². The van der Waals surface area contributed by atoms with Crippen LogP contribution < -0.4 is 4.74 Å². The molecule has 18 heavy (non-hydrogen) atoms. The Balaban J connectivity index is 2.30. The Morgan fingerprint density at radius 2 is 2.39 bits per heavy atom. The summed E-state index contributed by atoms with van der Waals surface area (Å²) >= 11 is 0. The Morgan fingerprint density at radius 3 is 3.06 bits per heavy atom. The minimum atomic E-state index is 0.365. The number of methoxy groups -OCH3 is 1. The number of aromatic nitrogens is 2. The summed E-state index contributed by atoms with van der Waals surface area (Å²) in [6.07, 6.45) is 3.99. The molecule has 0 aliphatic carbocycles. The van der Waals surface area contributed by atoms with Crippen molar-refractivity contribution < 1.29 is 9.53 Å². The highest BCUT2D eigenvalue weighted by atomic mass is 16.5. The van der Waals surface area contributed by atoms with E-state index in [0.29, 0.717) is 30.0 Å². The van der Waals surface area contributed by atoms with E-state index < -0.39 is 0 Å². The summed E-state index contributed by atoms with van der Waals surface area (Å²) in [5.41, 5.74) is 1.39. The van der Waals surface area contributed by atoms with Gasteiger partial charge in [-0.25, -0.2) is 4.98 Å². The van der Waals surface area contributed by atoms with Crippen LogP contribution in [0.3, 0.4) is 0 Å². The maximum atomic E-state index is 10.7. The van der Waals surface area contributed by atoms with Crippen LogP contribution in [0.1, 0.15) is 21.7 Å². The summed E-state index contributed by atoms with van der Waals surface area (Å²) in [5.74, 6) is 0.909. The molecular weight excluding hydrogens is 230 g/mol. The number of rotatable bonds is 4. The maximum absolute atomic E-state index is 10.7. The number of hydrogen-bond donors (Lipinski definition) is 0.